The molecule has 0 atom stereocenters. The van der Waals surface area contributed by atoms with Crippen molar-refractivity contribution in [1.82, 2.24) is 10.4 Å². The summed E-state index contributed by atoms with van der Waals surface area (Å²) in [6, 6.07) is 0. The molecule has 0 aromatic heterocycles. The van der Waals surface area contributed by atoms with Crippen LogP contribution in [0.4, 0.5) is 0 Å². The van der Waals surface area contributed by atoms with Crippen LogP contribution >= 0.6 is 0 Å². The van der Waals surface area contributed by atoms with Crippen LogP contribution in [-0.4, -0.2) is 25.1 Å². The molecule has 2 nitrogen and oxygen atoms in total. The van der Waals surface area contributed by atoms with E-state index in [9.17, 15) is 0 Å². The molecule has 0 rings (SSSR count). The van der Waals surface area contributed by atoms with E-state index in [1.54, 1.807) is 0 Å². The molecule has 49 valence electrons. The smallest absolute Gasteiger partial charge is 0.0125 e. The highest BCUT2D eigenvalue weighted by Crippen LogP contribution is 1.77. The second-order valence-corrected chi connectivity index (χ2v) is 1.83. The molecule has 0 spiro atoms. The van der Waals surface area contributed by atoms with Gasteiger partial charge in [-0.1, -0.05) is 6.92 Å². The first-order chi connectivity index (χ1) is 3.81. The molecule has 0 saturated carbocycles. The zero-order valence-electron chi connectivity index (χ0n) is 5.78. The minimum Gasteiger partial charge on any atom is -0.255 e. The fourth-order valence-corrected chi connectivity index (χ4v) is 0.605. The summed E-state index contributed by atoms with van der Waals surface area (Å²) >= 11 is 0. The van der Waals surface area contributed by atoms with Crippen molar-refractivity contribution in [2.75, 3.05) is 20.1 Å². The molecule has 0 aliphatic rings. The van der Waals surface area contributed by atoms with Gasteiger partial charge in [-0.25, -0.2) is 5.01 Å². The molecule has 8 heavy (non-hydrogen) atoms. The average molecular weight is 115 g/mol. The lowest BCUT2D eigenvalue weighted by atomic mass is 10.5. The first-order valence-corrected chi connectivity index (χ1v) is 3.05. The summed E-state index contributed by atoms with van der Waals surface area (Å²) in [5, 5.41) is 2.05. The van der Waals surface area contributed by atoms with Crippen LogP contribution in [0.15, 0.2) is 0 Å². The molecule has 1 N–H and O–H groups in total. The molecule has 0 aliphatic carbocycles. The Balaban J connectivity index is 2.92. The fourth-order valence-electron chi connectivity index (χ4n) is 0.605. The van der Waals surface area contributed by atoms with E-state index >= 15 is 0 Å². The van der Waals surface area contributed by atoms with Crippen LogP contribution in [0.3, 0.4) is 0 Å². The minimum atomic E-state index is 0.774. The highest BCUT2D eigenvalue weighted by atomic mass is 15.5. The van der Waals surface area contributed by atoms with Crippen molar-refractivity contribution >= 4 is 0 Å². The van der Waals surface area contributed by atoms with Crippen molar-refractivity contribution in [2.24, 2.45) is 0 Å². The Morgan fingerprint density at radius 2 is 2.25 bits per heavy atom. The lowest BCUT2D eigenvalue weighted by molar-refractivity contribution is 0.247. The quantitative estimate of drug-likeness (QED) is 0.542. The van der Waals surface area contributed by atoms with Crippen LogP contribution in [0.25, 0.3) is 0 Å². The summed E-state index contributed by atoms with van der Waals surface area (Å²) in [7, 11) is 2.02. The Kier molecular flexibility index (Phi) is 5.01. The fraction of sp³-hybridized carbons (Fsp3) is 0.833. The van der Waals surface area contributed by atoms with Crippen LogP contribution in [0.1, 0.15) is 13.3 Å². The van der Waals surface area contributed by atoms with E-state index in [-0.39, 0.29) is 0 Å². The molecule has 0 heterocycles. The van der Waals surface area contributed by atoms with E-state index in [2.05, 4.69) is 19.3 Å². The molecule has 0 bridgehead atoms. The Morgan fingerprint density at radius 3 is 2.62 bits per heavy atom. The van der Waals surface area contributed by atoms with Gasteiger partial charge in [-0.15, -0.1) is 0 Å². The van der Waals surface area contributed by atoms with E-state index in [1.807, 2.05) is 12.1 Å². The summed E-state index contributed by atoms with van der Waals surface area (Å²) in [5.74, 6) is 0. The summed E-state index contributed by atoms with van der Waals surface area (Å²) in [5.41, 5.74) is 3.07. The van der Waals surface area contributed by atoms with Crippen molar-refractivity contribution in [2.45, 2.75) is 13.3 Å². The van der Waals surface area contributed by atoms with Crippen LogP contribution in [0.2, 0.25) is 0 Å². The number of hydrogen-bond donors (Lipinski definition) is 1. The molecule has 0 aliphatic heterocycles. The van der Waals surface area contributed by atoms with Gasteiger partial charge in [0.25, 0.3) is 0 Å². The van der Waals surface area contributed by atoms with Crippen LogP contribution in [0, 0.1) is 6.92 Å². The summed E-state index contributed by atoms with van der Waals surface area (Å²) < 4.78 is 0. The molecule has 2 heteroatoms. The van der Waals surface area contributed by atoms with Crippen LogP contribution < -0.4 is 5.43 Å². The molecule has 0 saturated heterocycles. The molecular weight excluding hydrogens is 100 g/mol. The van der Waals surface area contributed by atoms with Gasteiger partial charge in [-0.2, -0.15) is 0 Å². The maximum Gasteiger partial charge on any atom is 0.0125 e. The Morgan fingerprint density at radius 1 is 1.62 bits per heavy atom. The van der Waals surface area contributed by atoms with E-state index in [0.717, 1.165) is 13.1 Å². The van der Waals surface area contributed by atoms with Gasteiger partial charge < -0.3 is 0 Å². The molecule has 0 amide bonds. The normalized spacial score (nSPS) is 10.5. The third-order valence-corrected chi connectivity index (χ3v) is 0.941. The van der Waals surface area contributed by atoms with Crippen molar-refractivity contribution in [3.8, 4) is 0 Å². The first-order valence-electron chi connectivity index (χ1n) is 3.05. The summed E-state index contributed by atoms with van der Waals surface area (Å²) in [6.45, 7) is 7.68. The van der Waals surface area contributed by atoms with E-state index in [4.69, 9.17) is 0 Å². The van der Waals surface area contributed by atoms with Crippen molar-refractivity contribution in [3.63, 3.8) is 0 Å². The molecule has 0 unspecified atom stereocenters. The monoisotopic (exact) mass is 115 g/mol. The van der Waals surface area contributed by atoms with E-state index in [0.29, 0.717) is 0 Å². The van der Waals surface area contributed by atoms with E-state index in [1.165, 1.54) is 6.42 Å². The predicted molar refractivity (Wildman–Crippen MR) is 36.3 cm³/mol. The van der Waals surface area contributed by atoms with Crippen LogP contribution in [-0.2, 0) is 0 Å². The number of hydrogen-bond acceptors (Lipinski definition) is 2. The van der Waals surface area contributed by atoms with Gasteiger partial charge in [-0.05, 0) is 13.3 Å². The van der Waals surface area contributed by atoms with Crippen LogP contribution in [0.5, 0.6) is 0 Å². The van der Waals surface area contributed by atoms with Gasteiger partial charge in [0.1, 0.15) is 0 Å². The zero-order valence-corrected chi connectivity index (χ0v) is 5.78. The van der Waals surface area contributed by atoms with Gasteiger partial charge >= 0.3 is 0 Å². The molecule has 0 fully saturated rings. The van der Waals surface area contributed by atoms with Gasteiger partial charge in [0.05, 0.1) is 0 Å². The summed E-state index contributed by atoms with van der Waals surface area (Å²) in [4.78, 5) is 0. The van der Waals surface area contributed by atoms with Gasteiger partial charge in [0, 0.05) is 20.1 Å². The van der Waals surface area contributed by atoms with Gasteiger partial charge in [0.15, 0.2) is 0 Å². The molecule has 0 aromatic rings. The lowest BCUT2D eigenvalue weighted by Gasteiger charge is -2.14. The van der Waals surface area contributed by atoms with Crippen molar-refractivity contribution in [3.05, 3.63) is 6.92 Å². The second-order valence-electron chi connectivity index (χ2n) is 1.83. The number of hydrazine groups is 1. The molecule has 0 aromatic carbocycles. The molecule has 1 radical (unpaired) electrons. The van der Waals surface area contributed by atoms with E-state index < -0.39 is 0 Å². The zero-order chi connectivity index (χ0) is 6.41. The topological polar surface area (TPSA) is 15.3 Å². The SMILES string of the molecule is [CH2]CNN(C)CCC. The number of rotatable bonds is 4. The highest BCUT2D eigenvalue weighted by Gasteiger charge is 1.88. The molecular formula is C6H15N2. The third kappa shape index (κ3) is 4.09. The summed E-state index contributed by atoms with van der Waals surface area (Å²) in [6.07, 6.45) is 1.18. The van der Waals surface area contributed by atoms with Gasteiger partial charge in [-0.3, -0.25) is 5.43 Å². The Bertz CT molecular complexity index is 39.8. The predicted octanol–water partition coefficient (Wildman–Crippen LogP) is 0.667. The second kappa shape index (κ2) is 5.06. The third-order valence-electron chi connectivity index (χ3n) is 0.941. The largest absolute Gasteiger partial charge is 0.255 e. The van der Waals surface area contributed by atoms with Crippen molar-refractivity contribution in [1.29, 1.82) is 0 Å². The Hall–Kier alpha value is -0.0800. The van der Waals surface area contributed by atoms with Gasteiger partial charge in [0.2, 0.25) is 0 Å². The average Bonchev–Trinajstić information content (AvgIpc) is 1.68. The number of nitrogens with zero attached hydrogens (tertiary/aromatic N) is 1. The maximum atomic E-state index is 3.66. The highest BCUT2D eigenvalue weighted by molar-refractivity contribution is 4.43. The maximum absolute atomic E-state index is 3.66. The van der Waals surface area contributed by atoms with Crippen molar-refractivity contribution < 1.29 is 0 Å². The number of nitrogens with one attached hydrogen (secondary N) is 1. The first kappa shape index (κ1) is 7.92. The Labute approximate surface area is 51.8 Å². The minimum absolute atomic E-state index is 0.774. The lowest BCUT2D eigenvalue weighted by Crippen LogP contribution is -2.34. The standard InChI is InChI=1S/C6H15N2/c1-4-6-8(3)7-5-2/h7H,2,4-6H2,1,3H3.